The van der Waals surface area contributed by atoms with Crippen LogP contribution in [0.2, 0.25) is 0 Å². The summed E-state index contributed by atoms with van der Waals surface area (Å²) in [6.07, 6.45) is 4.84. The lowest BCUT2D eigenvalue weighted by atomic mass is 9.92. The molecule has 4 rings (SSSR count). The fourth-order valence-corrected chi connectivity index (χ4v) is 4.07. The molecule has 5 nitrogen and oxygen atoms in total. The minimum Gasteiger partial charge on any atom is -0.309 e. The fraction of sp³-hybridized carbons (Fsp3) is 0.400. The Morgan fingerprint density at radius 1 is 1.12 bits per heavy atom. The predicted molar refractivity (Wildman–Crippen MR) is 98.3 cm³/mol. The molecule has 1 aromatic carbocycles. The highest BCUT2D eigenvalue weighted by molar-refractivity contribution is 5.96. The lowest BCUT2D eigenvalue weighted by Crippen LogP contribution is -2.64. The van der Waals surface area contributed by atoms with Crippen molar-refractivity contribution in [3.05, 3.63) is 60.4 Å². The first-order valence-corrected chi connectivity index (χ1v) is 8.84. The number of hydrogen-bond donors (Lipinski definition) is 0. The number of anilines is 1. The highest BCUT2D eigenvalue weighted by atomic mass is 16.2. The van der Waals surface area contributed by atoms with E-state index in [-0.39, 0.29) is 11.4 Å². The molecule has 5 heteroatoms. The molecule has 0 saturated carbocycles. The van der Waals surface area contributed by atoms with Gasteiger partial charge in [0.05, 0.1) is 12.1 Å². The van der Waals surface area contributed by atoms with Gasteiger partial charge in [-0.3, -0.25) is 19.6 Å². The van der Waals surface area contributed by atoms with E-state index in [9.17, 15) is 4.79 Å². The van der Waals surface area contributed by atoms with Gasteiger partial charge in [-0.2, -0.15) is 0 Å². The Hall–Kier alpha value is -2.24. The molecule has 130 valence electrons. The van der Waals surface area contributed by atoms with E-state index < -0.39 is 0 Å². The second kappa shape index (κ2) is 6.58. The molecule has 2 fully saturated rings. The molecule has 25 heavy (non-hydrogen) atoms. The topological polar surface area (TPSA) is 39.7 Å². The number of aromatic nitrogens is 1. The van der Waals surface area contributed by atoms with Crippen molar-refractivity contribution in [2.75, 3.05) is 38.1 Å². The summed E-state index contributed by atoms with van der Waals surface area (Å²) in [6.45, 7) is 4.19. The van der Waals surface area contributed by atoms with Gasteiger partial charge in [0.1, 0.15) is 0 Å². The summed E-state index contributed by atoms with van der Waals surface area (Å²) in [6, 6.07) is 14.2. The summed E-state index contributed by atoms with van der Waals surface area (Å²) in [4.78, 5) is 23.5. The molecule has 0 unspecified atom stereocenters. The Morgan fingerprint density at radius 3 is 2.72 bits per heavy atom. The third-order valence-electron chi connectivity index (χ3n) is 5.54. The summed E-state index contributed by atoms with van der Waals surface area (Å²) >= 11 is 0. The van der Waals surface area contributed by atoms with Crippen molar-refractivity contribution in [3.8, 4) is 0 Å². The molecule has 0 N–H and O–H groups in total. The second-order valence-electron chi connectivity index (χ2n) is 7.22. The quantitative estimate of drug-likeness (QED) is 0.860. The number of hydrogen-bond acceptors (Lipinski definition) is 4. The van der Waals surface area contributed by atoms with E-state index in [1.54, 1.807) is 0 Å². The summed E-state index contributed by atoms with van der Waals surface area (Å²) in [7, 11) is 2.09. The normalized spacial score (nSPS) is 25.0. The molecule has 2 aliphatic heterocycles. The van der Waals surface area contributed by atoms with Crippen molar-refractivity contribution >= 4 is 11.6 Å². The average Bonchev–Trinajstić information content (AvgIpc) is 3.04. The van der Waals surface area contributed by atoms with Crippen molar-refractivity contribution in [1.29, 1.82) is 0 Å². The lowest BCUT2D eigenvalue weighted by Gasteiger charge is -2.47. The fourth-order valence-electron chi connectivity index (χ4n) is 4.07. The third kappa shape index (κ3) is 3.17. The van der Waals surface area contributed by atoms with Crippen LogP contribution in [0.15, 0.2) is 54.9 Å². The predicted octanol–water partition coefficient (Wildman–Crippen LogP) is 2.00. The molecular formula is C20H24N4O. The van der Waals surface area contributed by atoms with Gasteiger partial charge in [-0.05, 0) is 37.2 Å². The molecule has 0 radical (unpaired) electrons. The Kier molecular flexibility index (Phi) is 4.27. The summed E-state index contributed by atoms with van der Waals surface area (Å²) in [5, 5.41) is 0. The molecule has 1 amide bonds. The maximum Gasteiger partial charge on any atom is 0.241 e. The number of para-hydroxylation sites is 1. The van der Waals surface area contributed by atoms with E-state index in [0.717, 1.165) is 38.3 Å². The number of likely N-dealkylation sites (N-methyl/N-ethyl adjacent to an activating group) is 1. The Morgan fingerprint density at radius 2 is 1.96 bits per heavy atom. The van der Waals surface area contributed by atoms with Gasteiger partial charge in [-0.1, -0.05) is 24.3 Å². The SMILES string of the molecule is CN1CC(=O)N(c2ccccc2)C[C@]12CCN(Cc1cccnc1)C2. The van der Waals surface area contributed by atoms with Crippen LogP contribution in [0.1, 0.15) is 12.0 Å². The number of rotatable bonds is 3. The first-order valence-electron chi connectivity index (χ1n) is 8.84. The molecule has 2 aliphatic rings. The van der Waals surface area contributed by atoms with E-state index in [2.05, 4.69) is 27.9 Å². The average molecular weight is 336 g/mol. The van der Waals surface area contributed by atoms with Crippen molar-refractivity contribution in [2.45, 2.75) is 18.5 Å². The van der Waals surface area contributed by atoms with Crippen LogP contribution < -0.4 is 4.90 Å². The standard InChI is InChI=1S/C20H24N4O/c1-22-14-19(25)24(18-7-3-2-4-8-18)16-20(22)9-11-23(15-20)13-17-6-5-10-21-12-17/h2-8,10,12H,9,11,13-16H2,1H3/t20-/m1/s1. The van der Waals surface area contributed by atoms with Gasteiger partial charge in [0, 0.05) is 44.3 Å². The van der Waals surface area contributed by atoms with Crippen LogP contribution in [0.25, 0.3) is 0 Å². The van der Waals surface area contributed by atoms with Gasteiger partial charge in [-0.25, -0.2) is 0 Å². The number of pyridine rings is 1. The van der Waals surface area contributed by atoms with E-state index in [1.165, 1.54) is 5.56 Å². The molecule has 1 aromatic heterocycles. The van der Waals surface area contributed by atoms with Crippen LogP contribution in [0.3, 0.4) is 0 Å². The number of amides is 1. The number of nitrogens with zero attached hydrogens (tertiary/aromatic N) is 4. The highest BCUT2D eigenvalue weighted by Gasteiger charge is 2.47. The van der Waals surface area contributed by atoms with E-state index in [1.807, 2.05) is 53.7 Å². The third-order valence-corrected chi connectivity index (χ3v) is 5.54. The highest BCUT2D eigenvalue weighted by Crippen LogP contribution is 2.33. The van der Waals surface area contributed by atoms with Gasteiger partial charge in [0.15, 0.2) is 0 Å². The van der Waals surface area contributed by atoms with Crippen molar-refractivity contribution in [2.24, 2.45) is 0 Å². The second-order valence-corrected chi connectivity index (χ2v) is 7.22. The molecule has 2 aromatic rings. The first-order chi connectivity index (χ1) is 12.2. The minimum atomic E-state index is 0.0337. The van der Waals surface area contributed by atoms with Crippen LogP contribution >= 0.6 is 0 Å². The molecule has 2 saturated heterocycles. The maximum atomic E-state index is 12.6. The van der Waals surface area contributed by atoms with Crippen LogP contribution in [0.4, 0.5) is 5.69 Å². The number of carbonyl (C=O) groups excluding carboxylic acids is 1. The van der Waals surface area contributed by atoms with Crippen molar-refractivity contribution in [1.82, 2.24) is 14.8 Å². The number of likely N-dealkylation sites (tertiary alicyclic amines) is 1. The van der Waals surface area contributed by atoms with Crippen LogP contribution in [0.5, 0.6) is 0 Å². The maximum absolute atomic E-state index is 12.6. The van der Waals surface area contributed by atoms with Gasteiger partial charge < -0.3 is 4.90 Å². The monoisotopic (exact) mass is 336 g/mol. The number of piperazine rings is 1. The first kappa shape index (κ1) is 16.2. The molecule has 3 heterocycles. The van der Waals surface area contributed by atoms with Gasteiger partial charge >= 0.3 is 0 Å². The largest absolute Gasteiger partial charge is 0.309 e. The van der Waals surface area contributed by atoms with Crippen molar-refractivity contribution in [3.63, 3.8) is 0 Å². The lowest BCUT2D eigenvalue weighted by molar-refractivity contribution is -0.123. The molecular weight excluding hydrogens is 312 g/mol. The summed E-state index contributed by atoms with van der Waals surface area (Å²) in [5.41, 5.74) is 2.28. The Balaban J connectivity index is 1.51. The smallest absolute Gasteiger partial charge is 0.241 e. The van der Waals surface area contributed by atoms with Crippen LogP contribution in [0, 0.1) is 0 Å². The minimum absolute atomic E-state index is 0.0337. The summed E-state index contributed by atoms with van der Waals surface area (Å²) in [5.74, 6) is 0.185. The number of benzene rings is 1. The molecule has 0 bridgehead atoms. The summed E-state index contributed by atoms with van der Waals surface area (Å²) < 4.78 is 0. The molecule has 0 aliphatic carbocycles. The Bertz CT molecular complexity index is 736. The number of carbonyl (C=O) groups is 1. The van der Waals surface area contributed by atoms with Gasteiger partial charge in [0.25, 0.3) is 0 Å². The van der Waals surface area contributed by atoms with Gasteiger partial charge in [0.2, 0.25) is 5.91 Å². The van der Waals surface area contributed by atoms with Crippen LogP contribution in [-0.2, 0) is 11.3 Å². The van der Waals surface area contributed by atoms with Gasteiger partial charge in [-0.15, -0.1) is 0 Å². The van der Waals surface area contributed by atoms with Crippen LogP contribution in [-0.4, -0.2) is 59.5 Å². The zero-order valence-corrected chi connectivity index (χ0v) is 14.6. The zero-order chi connectivity index (χ0) is 17.3. The van der Waals surface area contributed by atoms with E-state index in [4.69, 9.17) is 0 Å². The Labute approximate surface area is 148 Å². The zero-order valence-electron chi connectivity index (χ0n) is 14.6. The van der Waals surface area contributed by atoms with E-state index in [0.29, 0.717) is 6.54 Å². The molecule has 1 spiro atoms. The molecule has 1 atom stereocenters. The van der Waals surface area contributed by atoms with Crippen molar-refractivity contribution < 1.29 is 4.79 Å². The van der Waals surface area contributed by atoms with E-state index >= 15 is 0 Å².